The van der Waals surface area contributed by atoms with Crippen LogP contribution in [-0.4, -0.2) is 17.0 Å². The van der Waals surface area contributed by atoms with E-state index in [1.807, 2.05) is 0 Å². The van der Waals surface area contributed by atoms with Crippen molar-refractivity contribution in [2.75, 3.05) is 0 Å². The molecule has 0 heterocycles. The summed E-state index contributed by atoms with van der Waals surface area (Å²) in [5, 5.41) is 10.2. The number of carbonyl (C=O) groups is 1. The van der Waals surface area contributed by atoms with E-state index in [2.05, 4.69) is 41.5 Å². The summed E-state index contributed by atoms with van der Waals surface area (Å²) in [5.41, 5.74) is -0.0150. The van der Waals surface area contributed by atoms with Gasteiger partial charge in [0.25, 0.3) is 0 Å². The second-order valence-corrected chi connectivity index (χ2v) is 7.36. The van der Waals surface area contributed by atoms with Crippen molar-refractivity contribution in [3.8, 4) is 0 Å². The SMILES string of the molecule is CC(C)(C)[C@@H]1C[C@@H](O)[C@H](C(C)(C)C)CC1=O. The first-order chi connectivity index (χ1) is 7.03. The van der Waals surface area contributed by atoms with Crippen LogP contribution in [0, 0.1) is 22.7 Å². The fourth-order valence-corrected chi connectivity index (χ4v) is 2.75. The van der Waals surface area contributed by atoms with Gasteiger partial charge in [0, 0.05) is 12.3 Å². The number of rotatable bonds is 0. The van der Waals surface area contributed by atoms with Gasteiger partial charge in [-0.1, -0.05) is 41.5 Å². The molecule has 0 aromatic heterocycles. The molecule has 3 atom stereocenters. The monoisotopic (exact) mass is 226 g/mol. The van der Waals surface area contributed by atoms with Crippen LogP contribution in [0.2, 0.25) is 0 Å². The van der Waals surface area contributed by atoms with Crippen molar-refractivity contribution >= 4 is 5.78 Å². The van der Waals surface area contributed by atoms with Gasteiger partial charge in [-0.15, -0.1) is 0 Å². The van der Waals surface area contributed by atoms with Crippen LogP contribution >= 0.6 is 0 Å². The molecule has 94 valence electrons. The number of hydrogen-bond donors (Lipinski definition) is 1. The Balaban J connectivity index is 2.83. The molecular weight excluding hydrogens is 200 g/mol. The second-order valence-electron chi connectivity index (χ2n) is 7.36. The molecule has 2 heteroatoms. The molecule has 1 saturated carbocycles. The van der Waals surface area contributed by atoms with Crippen LogP contribution < -0.4 is 0 Å². The average Bonchev–Trinajstić information content (AvgIpc) is 2.04. The Labute approximate surface area is 99.4 Å². The van der Waals surface area contributed by atoms with E-state index in [0.717, 1.165) is 0 Å². The zero-order chi connectivity index (χ0) is 12.7. The summed E-state index contributed by atoms with van der Waals surface area (Å²) in [5.74, 6) is 0.456. The highest BCUT2D eigenvalue weighted by atomic mass is 16.3. The van der Waals surface area contributed by atoms with Crippen LogP contribution in [0.5, 0.6) is 0 Å². The van der Waals surface area contributed by atoms with Crippen molar-refractivity contribution < 1.29 is 9.90 Å². The molecule has 0 spiro atoms. The van der Waals surface area contributed by atoms with Gasteiger partial charge in [-0.05, 0) is 23.2 Å². The molecule has 0 amide bonds. The van der Waals surface area contributed by atoms with Crippen molar-refractivity contribution in [1.82, 2.24) is 0 Å². The van der Waals surface area contributed by atoms with Gasteiger partial charge in [-0.3, -0.25) is 4.79 Å². The third kappa shape index (κ3) is 2.85. The van der Waals surface area contributed by atoms with Gasteiger partial charge in [0.2, 0.25) is 0 Å². The van der Waals surface area contributed by atoms with Crippen LogP contribution in [0.25, 0.3) is 0 Å². The molecule has 1 N–H and O–H groups in total. The fraction of sp³-hybridized carbons (Fsp3) is 0.929. The van der Waals surface area contributed by atoms with E-state index in [-0.39, 0.29) is 28.8 Å². The Hall–Kier alpha value is -0.370. The van der Waals surface area contributed by atoms with Crippen molar-refractivity contribution in [3.05, 3.63) is 0 Å². The molecule has 1 fully saturated rings. The Bertz CT molecular complexity index is 267. The van der Waals surface area contributed by atoms with Crippen molar-refractivity contribution in [2.45, 2.75) is 60.5 Å². The van der Waals surface area contributed by atoms with Crippen LogP contribution in [0.15, 0.2) is 0 Å². The summed E-state index contributed by atoms with van der Waals surface area (Å²) in [7, 11) is 0. The quantitative estimate of drug-likeness (QED) is 0.689. The van der Waals surface area contributed by atoms with Gasteiger partial charge in [0.15, 0.2) is 0 Å². The predicted molar refractivity (Wildman–Crippen MR) is 66.1 cm³/mol. The van der Waals surface area contributed by atoms with Crippen molar-refractivity contribution in [2.24, 2.45) is 22.7 Å². The maximum Gasteiger partial charge on any atom is 0.136 e. The molecule has 1 aliphatic carbocycles. The van der Waals surface area contributed by atoms with Crippen LogP contribution in [0.4, 0.5) is 0 Å². The Kier molecular flexibility index (Phi) is 3.54. The standard InChI is InChI=1S/C14H26O2/c1-13(2,3)9-7-12(16)10(8-11(9)15)14(4,5)6/h9-11,15H,7-8H2,1-6H3/t9-,10-,11-/m1/s1. The minimum Gasteiger partial charge on any atom is -0.393 e. The zero-order valence-corrected chi connectivity index (χ0v) is 11.5. The Morgan fingerprint density at radius 3 is 1.94 bits per heavy atom. The van der Waals surface area contributed by atoms with Crippen LogP contribution in [0.1, 0.15) is 54.4 Å². The first-order valence-corrected chi connectivity index (χ1v) is 6.24. The van der Waals surface area contributed by atoms with Crippen molar-refractivity contribution in [3.63, 3.8) is 0 Å². The molecule has 0 saturated heterocycles. The largest absolute Gasteiger partial charge is 0.393 e. The minimum absolute atomic E-state index is 0.0118. The summed E-state index contributed by atoms with van der Waals surface area (Å²) in [6.45, 7) is 12.6. The molecule has 0 bridgehead atoms. The Morgan fingerprint density at radius 2 is 1.56 bits per heavy atom. The highest BCUT2D eigenvalue weighted by molar-refractivity contribution is 5.83. The average molecular weight is 226 g/mol. The number of hydrogen-bond acceptors (Lipinski definition) is 2. The van der Waals surface area contributed by atoms with E-state index in [0.29, 0.717) is 18.6 Å². The molecule has 0 unspecified atom stereocenters. The second kappa shape index (κ2) is 4.14. The Morgan fingerprint density at radius 1 is 1.06 bits per heavy atom. The highest BCUT2D eigenvalue weighted by Gasteiger charge is 2.44. The van der Waals surface area contributed by atoms with Gasteiger partial charge in [0.05, 0.1) is 6.10 Å². The van der Waals surface area contributed by atoms with E-state index >= 15 is 0 Å². The maximum atomic E-state index is 12.1. The number of aliphatic hydroxyl groups is 1. The zero-order valence-electron chi connectivity index (χ0n) is 11.5. The van der Waals surface area contributed by atoms with E-state index in [1.165, 1.54) is 0 Å². The normalized spacial score (nSPS) is 32.9. The smallest absolute Gasteiger partial charge is 0.136 e. The predicted octanol–water partition coefficient (Wildman–Crippen LogP) is 3.03. The first kappa shape index (κ1) is 13.7. The summed E-state index contributed by atoms with van der Waals surface area (Å²) in [6, 6.07) is 0. The van der Waals surface area contributed by atoms with E-state index in [9.17, 15) is 9.90 Å². The fourth-order valence-electron chi connectivity index (χ4n) is 2.75. The number of ketones is 1. The number of aliphatic hydroxyl groups excluding tert-OH is 1. The van der Waals surface area contributed by atoms with Gasteiger partial charge < -0.3 is 5.11 Å². The van der Waals surface area contributed by atoms with E-state index in [4.69, 9.17) is 0 Å². The molecule has 0 aromatic rings. The third-order valence-corrected chi connectivity index (χ3v) is 3.91. The summed E-state index contributed by atoms with van der Waals surface area (Å²) in [4.78, 5) is 12.1. The van der Waals surface area contributed by atoms with Crippen LogP contribution in [0.3, 0.4) is 0 Å². The number of Topliss-reactive ketones (excluding diaryl/α,β-unsaturated/α-hetero) is 1. The molecule has 2 nitrogen and oxygen atoms in total. The molecule has 0 aromatic carbocycles. The maximum absolute atomic E-state index is 12.1. The molecule has 0 aliphatic heterocycles. The van der Waals surface area contributed by atoms with Gasteiger partial charge in [-0.25, -0.2) is 0 Å². The summed E-state index contributed by atoms with van der Waals surface area (Å²) >= 11 is 0. The highest BCUT2D eigenvalue weighted by Crippen LogP contribution is 2.43. The van der Waals surface area contributed by atoms with Gasteiger partial charge in [-0.2, -0.15) is 0 Å². The first-order valence-electron chi connectivity index (χ1n) is 6.24. The molecule has 0 radical (unpaired) electrons. The van der Waals surface area contributed by atoms with Crippen LogP contribution in [-0.2, 0) is 4.79 Å². The minimum atomic E-state index is -0.332. The lowest BCUT2D eigenvalue weighted by molar-refractivity contribution is -0.138. The van der Waals surface area contributed by atoms with Crippen molar-refractivity contribution in [1.29, 1.82) is 0 Å². The van der Waals surface area contributed by atoms with Gasteiger partial charge in [0.1, 0.15) is 5.78 Å². The summed E-state index contributed by atoms with van der Waals surface area (Å²) in [6.07, 6.45) is 0.832. The molecule has 16 heavy (non-hydrogen) atoms. The molecular formula is C14H26O2. The third-order valence-electron chi connectivity index (χ3n) is 3.91. The topological polar surface area (TPSA) is 37.3 Å². The molecule has 1 rings (SSSR count). The number of carbonyl (C=O) groups excluding carboxylic acids is 1. The molecule has 1 aliphatic rings. The lowest BCUT2D eigenvalue weighted by Crippen LogP contribution is -2.45. The lowest BCUT2D eigenvalue weighted by atomic mass is 9.62. The lowest BCUT2D eigenvalue weighted by Gasteiger charge is -2.43. The van der Waals surface area contributed by atoms with Gasteiger partial charge >= 0.3 is 0 Å². The summed E-state index contributed by atoms with van der Waals surface area (Å²) < 4.78 is 0. The van der Waals surface area contributed by atoms with E-state index in [1.54, 1.807) is 0 Å². The van der Waals surface area contributed by atoms with E-state index < -0.39 is 0 Å².